The number of carbonyl (C=O) groups excluding carboxylic acids is 3. The van der Waals surface area contributed by atoms with Crippen LogP contribution in [0.5, 0.6) is 0 Å². The highest BCUT2D eigenvalue weighted by Gasteiger charge is 2.35. The Balaban J connectivity index is 2.11. The van der Waals surface area contributed by atoms with Crippen molar-refractivity contribution >= 4 is 17.7 Å². The number of hydroxylamine groups is 2. The number of fused-ring (bicyclic) bond motifs is 1. The summed E-state index contributed by atoms with van der Waals surface area (Å²) in [6.45, 7) is 1.91. The van der Waals surface area contributed by atoms with Gasteiger partial charge in [0, 0.05) is 20.0 Å². The number of imide groups is 1. The van der Waals surface area contributed by atoms with Gasteiger partial charge in [-0.15, -0.1) is 0 Å². The molecular weight excluding hydrogens is 260 g/mol. The lowest BCUT2D eigenvalue weighted by atomic mass is 10.1. The third-order valence-corrected chi connectivity index (χ3v) is 3.30. The zero-order chi connectivity index (χ0) is 14.9. The molecule has 0 aliphatic carbocycles. The Morgan fingerprint density at radius 3 is 2.55 bits per heavy atom. The van der Waals surface area contributed by atoms with Crippen LogP contribution >= 0.6 is 0 Å². The summed E-state index contributed by atoms with van der Waals surface area (Å²) in [6.07, 6.45) is 0.0365. The summed E-state index contributed by atoms with van der Waals surface area (Å²) in [6, 6.07) is 5.13. The summed E-state index contributed by atoms with van der Waals surface area (Å²) in [5.41, 5.74) is 1.72. The highest BCUT2D eigenvalue weighted by Crippen LogP contribution is 2.23. The molecule has 1 aliphatic heterocycles. The molecule has 0 spiro atoms. The quantitative estimate of drug-likeness (QED) is 0.608. The zero-order valence-corrected chi connectivity index (χ0v) is 11.7. The van der Waals surface area contributed by atoms with Crippen molar-refractivity contribution in [1.29, 1.82) is 0 Å². The van der Waals surface area contributed by atoms with Crippen molar-refractivity contribution in [2.75, 3.05) is 20.7 Å². The zero-order valence-electron chi connectivity index (χ0n) is 11.7. The van der Waals surface area contributed by atoms with Gasteiger partial charge < -0.3 is 0 Å². The van der Waals surface area contributed by atoms with Crippen molar-refractivity contribution in [2.45, 2.75) is 13.3 Å². The third-order valence-electron chi connectivity index (χ3n) is 3.30. The van der Waals surface area contributed by atoms with Gasteiger partial charge in [0.2, 0.25) is 5.91 Å². The first kappa shape index (κ1) is 14.2. The fraction of sp³-hybridized carbons (Fsp3) is 0.357. The van der Waals surface area contributed by atoms with Crippen LogP contribution in [-0.2, 0) is 9.63 Å². The molecule has 0 bridgehead atoms. The Morgan fingerprint density at radius 2 is 1.90 bits per heavy atom. The first-order chi connectivity index (χ1) is 9.45. The van der Waals surface area contributed by atoms with Gasteiger partial charge in [-0.05, 0) is 19.1 Å². The van der Waals surface area contributed by atoms with Crippen molar-refractivity contribution in [1.82, 2.24) is 9.96 Å². The fourth-order valence-electron chi connectivity index (χ4n) is 2.07. The van der Waals surface area contributed by atoms with E-state index in [-0.39, 0.29) is 30.7 Å². The molecule has 0 fully saturated rings. The van der Waals surface area contributed by atoms with Crippen LogP contribution in [0.3, 0.4) is 0 Å². The maximum Gasteiger partial charge on any atom is 0.261 e. The van der Waals surface area contributed by atoms with Crippen LogP contribution in [0, 0.1) is 6.92 Å². The summed E-state index contributed by atoms with van der Waals surface area (Å²) in [5.74, 6) is -0.986. The monoisotopic (exact) mass is 276 g/mol. The highest BCUT2D eigenvalue weighted by atomic mass is 16.7. The van der Waals surface area contributed by atoms with Crippen molar-refractivity contribution in [3.63, 3.8) is 0 Å². The van der Waals surface area contributed by atoms with Gasteiger partial charge in [-0.25, -0.2) is 5.06 Å². The van der Waals surface area contributed by atoms with Crippen LogP contribution in [0.25, 0.3) is 0 Å². The van der Waals surface area contributed by atoms with Gasteiger partial charge in [-0.3, -0.25) is 24.1 Å². The molecule has 6 nitrogen and oxygen atoms in total. The molecule has 0 atom stereocenters. The molecule has 0 radical (unpaired) electrons. The van der Waals surface area contributed by atoms with Crippen LogP contribution in [-0.4, -0.2) is 48.4 Å². The van der Waals surface area contributed by atoms with Crippen LogP contribution in [0.15, 0.2) is 18.2 Å². The lowest BCUT2D eigenvalue weighted by Crippen LogP contribution is -2.35. The van der Waals surface area contributed by atoms with Gasteiger partial charge in [0.15, 0.2) is 0 Å². The van der Waals surface area contributed by atoms with Gasteiger partial charge in [0.05, 0.1) is 18.2 Å². The average Bonchev–Trinajstić information content (AvgIpc) is 2.67. The van der Waals surface area contributed by atoms with Crippen molar-refractivity contribution in [2.24, 2.45) is 0 Å². The summed E-state index contributed by atoms with van der Waals surface area (Å²) >= 11 is 0. The van der Waals surface area contributed by atoms with E-state index < -0.39 is 0 Å². The molecule has 0 aromatic heterocycles. The molecule has 1 heterocycles. The van der Waals surface area contributed by atoms with Crippen molar-refractivity contribution in [3.8, 4) is 0 Å². The number of amides is 3. The molecule has 3 amide bonds. The van der Waals surface area contributed by atoms with Crippen molar-refractivity contribution < 1.29 is 19.2 Å². The second-order valence-corrected chi connectivity index (χ2v) is 4.63. The van der Waals surface area contributed by atoms with E-state index in [2.05, 4.69) is 0 Å². The van der Waals surface area contributed by atoms with Gasteiger partial charge in [0.1, 0.15) is 0 Å². The second-order valence-electron chi connectivity index (χ2n) is 4.63. The number of hydrogen-bond acceptors (Lipinski definition) is 4. The largest absolute Gasteiger partial charge is 0.275 e. The van der Waals surface area contributed by atoms with E-state index in [1.54, 1.807) is 18.2 Å². The number of nitrogens with zero attached hydrogens (tertiary/aromatic N) is 2. The minimum atomic E-state index is -0.349. The van der Waals surface area contributed by atoms with Gasteiger partial charge >= 0.3 is 0 Å². The summed E-state index contributed by atoms with van der Waals surface area (Å²) in [7, 11) is 2.86. The Labute approximate surface area is 116 Å². The van der Waals surface area contributed by atoms with Crippen LogP contribution in [0.2, 0.25) is 0 Å². The van der Waals surface area contributed by atoms with E-state index in [9.17, 15) is 14.4 Å². The van der Waals surface area contributed by atoms with Gasteiger partial charge in [-0.1, -0.05) is 11.6 Å². The molecule has 0 N–H and O–H groups in total. The first-order valence-electron chi connectivity index (χ1n) is 6.23. The second kappa shape index (κ2) is 5.42. The number of aryl methyl sites for hydroxylation is 1. The predicted octanol–water partition coefficient (Wildman–Crippen LogP) is 1.00. The number of rotatable bonds is 4. The average molecular weight is 276 g/mol. The van der Waals surface area contributed by atoms with Crippen molar-refractivity contribution in [3.05, 3.63) is 34.9 Å². The molecule has 2 rings (SSSR count). The first-order valence-corrected chi connectivity index (χ1v) is 6.23. The van der Waals surface area contributed by atoms with Crippen LogP contribution < -0.4 is 0 Å². The summed E-state index contributed by atoms with van der Waals surface area (Å²) in [5, 5.41) is 1.07. The summed E-state index contributed by atoms with van der Waals surface area (Å²) in [4.78, 5) is 41.8. The van der Waals surface area contributed by atoms with Gasteiger partial charge in [0.25, 0.3) is 11.8 Å². The predicted molar refractivity (Wildman–Crippen MR) is 70.9 cm³/mol. The molecule has 0 saturated heterocycles. The molecule has 106 valence electrons. The Morgan fingerprint density at radius 1 is 1.25 bits per heavy atom. The van der Waals surface area contributed by atoms with E-state index in [0.717, 1.165) is 15.5 Å². The number of benzene rings is 1. The Kier molecular flexibility index (Phi) is 3.85. The third kappa shape index (κ3) is 2.42. The lowest BCUT2D eigenvalue weighted by Gasteiger charge is -2.17. The van der Waals surface area contributed by atoms with E-state index in [0.29, 0.717) is 11.1 Å². The lowest BCUT2D eigenvalue weighted by molar-refractivity contribution is -0.168. The van der Waals surface area contributed by atoms with E-state index in [1.165, 1.54) is 14.2 Å². The molecule has 1 aromatic rings. The molecule has 1 aromatic carbocycles. The molecule has 20 heavy (non-hydrogen) atoms. The SMILES string of the molecule is CON(C)C(=O)CCN1C(=O)c2ccc(C)cc2C1=O. The van der Waals surface area contributed by atoms with Crippen LogP contribution in [0.4, 0.5) is 0 Å². The van der Waals surface area contributed by atoms with Crippen LogP contribution in [0.1, 0.15) is 32.7 Å². The van der Waals surface area contributed by atoms with E-state index in [4.69, 9.17) is 4.84 Å². The van der Waals surface area contributed by atoms with Gasteiger partial charge in [-0.2, -0.15) is 0 Å². The molecular formula is C14H16N2O4. The highest BCUT2D eigenvalue weighted by molar-refractivity contribution is 6.21. The maximum absolute atomic E-state index is 12.2. The smallest absolute Gasteiger partial charge is 0.261 e. The summed E-state index contributed by atoms with van der Waals surface area (Å²) < 4.78 is 0. The standard InChI is InChI=1S/C14H16N2O4/c1-9-4-5-10-11(8-9)14(19)16(13(10)18)7-6-12(17)15(2)20-3/h4-5,8H,6-7H2,1-3H3. The maximum atomic E-state index is 12.2. The number of hydrogen-bond donors (Lipinski definition) is 0. The fourth-order valence-corrected chi connectivity index (χ4v) is 2.07. The minimum Gasteiger partial charge on any atom is -0.275 e. The number of carbonyl (C=O) groups is 3. The Bertz CT molecular complexity index is 583. The van der Waals surface area contributed by atoms with E-state index in [1.807, 2.05) is 6.92 Å². The Hall–Kier alpha value is -2.21. The minimum absolute atomic E-state index is 0.0365. The molecule has 0 unspecified atom stereocenters. The topological polar surface area (TPSA) is 66.9 Å². The molecule has 0 saturated carbocycles. The molecule has 6 heteroatoms. The molecule has 1 aliphatic rings. The van der Waals surface area contributed by atoms with E-state index >= 15 is 0 Å². The normalized spacial score (nSPS) is 13.7.